The minimum atomic E-state index is -3.94. The highest BCUT2D eigenvalue weighted by atomic mass is 79.9. The number of hydrogen-bond acceptors (Lipinski definition) is 5. The van der Waals surface area contributed by atoms with Crippen LogP contribution in [0.15, 0.2) is 39.7 Å². The molecule has 2 heterocycles. The van der Waals surface area contributed by atoms with E-state index in [1.165, 1.54) is 11.4 Å². The van der Waals surface area contributed by atoms with Crippen LogP contribution in [-0.2, 0) is 26.0 Å². The number of rotatable bonds is 6. The van der Waals surface area contributed by atoms with Gasteiger partial charge < -0.3 is 15.0 Å². The first kappa shape index (κ1) is 25.7. The molecular formula is C25H30BrN3O5S. The van der Waals surface area contributed by atoms with E-state index in [0.717, 1.165) is 11.1 Å². The van der Waals surface area contributed by atoms with Crippen LogP contribution in [0, 0.1) is 12.8 Å². The highest BCUT2D eigenvalue weighted by Gasteiger charge is 2.38. The number of nitrogens with zero attached hydrogens (tertiary/aromatic N) is 2. The lowest BCUT2D eigenvalue weighted by Crippen LogP contribution is -2.44. The van der Waals surface area contributed by atoms with Gasteiger partial charge in [-0.25, -0.2) is 8.42 Å². The van der Waals surface area contributed by atoms with Crippen LogP contribution in [0.1, 0.15) is 37.3 Å². The first-order chi connectivity index (χ1) is 16.6. The summed E-state index contributed by atoms with van der Waals surface area (Å²) in [5.74, 6) is -0.298. The maximum atomic E-state index is 13.8. The number of aryl methyl sites for hydroxylation is 1. The van der Waals surface area contributed by atoms with Crippen molar-refractivity contribution in [2.45, 2.75) is 44.4 Å². The molecule has 8 nitrogen and oxygen atoms in total. The lowest BCUT2D eigenvalue weighted by molar-refractivity contribution is -0.121. The Balaban J connectivity index is 1.60. The number of amides is 2. The topological polar surface area (TPSA) is 96.0 Å². The summed E-state index contributed by atoms with van der Waals surface area (Å²) in [5.41, 5.74) is 2.84. The van der Waals surface area contributed by atoms with Gasteiger partial charge in [0.1, 0.15) is 10.6 Å². The normalized spacial score (nSPS) is 18.3. The third-order valence-corrected chi connectivity index (χ3v) is 8.92. The molecule has 2 aliphatic heterocycles. The number of carbonyl (C=O) groups is 2. The summed E-state index contributed by atoms with van der Waals surface area (Å²) in [6.07, 6.45) is 2.05. The Kier molecular flexibility index (Phi) is 7.54. The molecule has 0 spiro atoms. The molecular weight excluding hydrogens is 534 g/mol. The second kappa shape index (κ2) is 10.3. The van der Waals surface area contributed by atoms with Crippen LogP contribution in [0.5, 0.6) is 5.75 Å². The minimum absolute atomic E-state index is 0.0747. The van der Waals surface area contributed by atoms with Gasteiger partial charge in [-0.1, -0.05) is 28.9 Å². The Hall–Kier alpha value is -2.43. The molecule has 2 aromatic carbocycles. The first-order valence-corrected chi connectivity index (χ1v) is 14.0. The smallest absolute Gasteiger partial charge is 0.245 e. The summed E-state index contributed by atoms with van der Waals surface area (Å²) in [6.45, 7) is 4.55. The standard InChI is InChI=1S/C25H30BrN3O5S/c1-4-23(30)29-11-9-17-13-19(26)14-22(24(17)29)35(32,33)28-10-5-6-18(15-28)25(31)27-20-12-16(2)7-8-21(20)34-3/h7-8,12-14,18H,4-6,9-11,15H2,1-3H3,(H,27,31)/t18-/m0/s1. The summed E-state index contributed by atoms with van der Waals surface area (Å²) in [4.78, 5) is 27.4. The molecule has 2 amide bonds. The number of carbonyl (C=O) groups excluding carboxylic acids is 2. The van der Waals surface area contributed by atoms with E-state index >= 15 is 0 Å². The van der Waals surface area contributed by atoms with Crippen LogP contribution >= 0.6 is 15.9 Å². The third-order valence-electron chi connectivity index (χ3n) is 6.58. The van der Waals surface area contributed by atoms with Crippen molar-refractivity contribution in [3.05, 3.63) is 45.9 Å². The fourth-order valence-electron chi connectivity index (χ4n) is 4.77. The lowest BCUT2D eigenvalue weighted by Gasteiger charge is -2.32. The zero-order chi connectivity index (χ0) is 25.3. The van der Waals surface area contributed by atoms with Gasteiger partial charge >= 0.3 is 0 Å². The van der Waals surface area contributed by atoms with Gasteiger partial charge in [0, 0.05) is 30.5 Å². The molecule has 10 heteroatoms. The Morgan fingerprint density at radius 3 is 2.69 bits per heavy atom. The van der Waals surface area contributed by atoms with E-state index in [2.05, 4.69) is 21.2 Å². The summed E-state index contributed by atoms with van der Waals surface area (Å²) < 4.78 is 35.1. The maximum Gasteiger partial charge on any atom is 0.245 e. The van der Waals surface area contributed by atoms with Crippen molar-refractivity contribution >= 4 is 49.1 Å². The number of sulfonamides is 1. The Bertz CT molecular complexity index is 1260. The van der Waals surface area contributed by atoms with Crippen molar-refractivity contribution < 1.29 is 22.7 Å². The highest BCUT2D eigenvalue weighted by molar-refractivity contribution is 9.10. The van der Waals surface area contributed by atoms with Gasteiger partial charge in [0.2, 0.25) is 21.8 Å². The van der Waals surface area contributed by atoms with Gasteiger partial charge in [0.15, 0.2) is 0 Å². The third kappa shape index (κ3) is 5.10. The van der Waals surface area contributed by atoms with E-state index in [0.29, 0.717) is 60.4 Å². The predicted molar refractivity (Wildman–Crippen MR) is 138 cm³/mol. The van der Waals surface area contributed by atoms with E-state index in [9.17, 15) is 18.0 Å². The van der Waals surface area contributed by atoms with Crippen LogP contribution in [0.2, 0.25) is 0 Å². The molecule has 0 radical (unpaired) electrons. The van der Waals surface area contributed by atoms with Crippen molar-refractivity contribution in [1.29, 1.82) is 0 Å². The molecule has 0 aliphatic carbocycles. The molecule has 0 saturated carbocycles. The first-order valence-electron chi connectivity index (χ1n) is 11.7. The summed E-state index contributed by atoms with van der Waals surface area (Å²) in [5, 5.41) is 2.92. The zero-order valence-electron chi connectivity index (χ0n) is 20.1. The summed E-state index contributed by atoms with van der Waals surface area (Å²) >= 11 is 3.44. The molecule has 188 valence electrons. The monoisotopic (exact) mass is 563 g/mol. The number of fused-ring (bicyclic) bond motifs is 1. The molecule has 0 bridgehead atoms. The predicted octanol–water partition coefficient (Wildman–Crippen LogP) is 4.10. The number of halogens is 1. The molecule has 0 aromatic heterocycles. The summed E-state index contributed by atoms with van der Waals surface area (Å²) in [7, 11) is -2.40. The number of ether oxygens (including phenoxy) is 1. The maximum absolute atomic E-state index is 13.8. The number of nitrogens with one attached hydrogen (secondary N) is 1. The van der Waals surface area contributed by atoms with E-state index in [4.69, 9.17) is 4.74 Å². The van der Waals surface area contributed by atoms with E-state index in [-0.39, 0.29) is 23.3 Å². The average molecular weight is 565 g/mol. The van der Waals surface area contributed by atoms with E-state index in [1.807, 2.05) is 25.1 Å². The Morgan fingerprint density at radius 1 is 1.20 bits per heavy atom. The quantitative estimate of drug-likeness (QED) is 0.570. The largest absolute Gasteiger partial charge is 0.495 e. The second-order valence-corrected chi connectivity index (χ2v) is 11.8. The molecule has 1 N–H and O–H groups in total. The fourth-order valence-corrected chi connectivity index (χ4v) is 7.22. The van der Waals surface area contributed by atoms with Gasteiger partial charge in [-0.05, 0) is 61.6 Å². The lowest BCUT2D eigenvalue weighted by atomic mass is 9.98. The van der Waals surface area contributed by atoms with Gasteiger partial charge in [-0.15, -0.1) is 0 Å². The van der Waals surface area contributed by atoms with Crippen molar-refractivity contribution in [1.82, 2.24) is 4.31 Å². The minimum Gasteiger partial charge on any atom is -0.495 e. The van der Waals surface area contributed by atoms with Crippen LogP contribution in [0.3, 0.4) is 0 Å². The second-order valence-electron chi connectivity index (χ2n) is 8.96. The van der Waals surface area contributed by atoms with Crippen molar-refractivity contribution in [2.75, 3.05) is 37.0 Å². The molecule has 35 heavy (non-hydrogen) atoms. The zero-order valence-corrected chi connectivity index (χ0v) is 22.5. The van der Waals surface area contributed by atoms with E-state index < -0.39 is 15.9 Å². The van der Waals surface area contributed by atoms with Crippen molar-refractivity contribution in [2.24, 2.45) is 5.92 Å². The molecule has 2 aliphatic rings. The highest BCUT2D eigenvalue weighted by Crippen LogP contribution is 2.40. The molecule has 1 fully saturated rings. The number of methoxy groups -OCH3 is 1. The van der Waals surface area contributed by atoms with Crippen LogP contribution in [0.4, 0.5) is 11.4 Å². The van der Waals surface area contributed by atoms with E-state index in [1.54, 1.807) is 24.0 Å². The molecule has 0 unspecified atom stereocenters. The number of piperidine rings is 1. The van der Waals surface area contributed by atoms with Gasteiger partial charge in [0.25, 0.3) is 0 Å². The molecule has 2 aromatic rings. The van der Waals surface area contributed by atoms with Crippen LogP contribution in [0.25, 0.3) is 0 Å². The fraction of sp³-hybridized carbons (Fsp3) is 0.440. The number of benzene rings is 2. The van der Waals surface area contributed by atoms with Gasteiger partial charge in [-0.2, -0.15) is 4.31 Å². The molecule has 4 rings (SSSR count). The van der Waals surface area contributed by atoms with Crippen LogP contribution < -0.4 is 15.0 Å². The Labute approximate surface area is 214 Å². The van der Waals surface area contributed by atoms with Crippen molar-refractivity contribution in [3.8, 4) is 5.75 Å². The SMILES string of the molecule is CCC(=O)N1CCc2cc(Br)cc(S(=O)(=O)N3CCC[C@H](C(=O)Nc4cc(C)ccc4OC)C3)c21. The Morgan fingerprint density at radius 2 is 1.97 bits per heavy atom. The summed E-state index contributed by atoms with van der Waals surface area (Å²) in [6, 6.07) is 8.96. The average Bonchev–Trinajstić information content (AvgIpc) is 3.26. The number of anilines is 2. The van der Waals surface area contributed by atoms with Crippen LogP contribution in [-0.4, -0.2) is 51.3 Å². The van der Waals surface area contributed by atoms with Crippen molar-refractivity contribution in [3.63, 3.8) is 0 Å². The molecule has 1 atom stereocenters. The number of hydrogen-bond donors (Lipinski definition) is 1. The molecule has 1 saturated heterocycles. The van der Waals surface area contributed by atoms with Gasteiger partial charge in [-0.3, -0.25) is 9.59 Å². The van der Waals surface area contributed by atoms with Gasteiger partial charge in [0.05, 0.1) is 24.4 Å².